The Kier molecular flexibility index (Phi) is 8.06. The molecular weight excluding hydrogens is 928 g/mol. The summed E-state index contributed by atoms with van der Waals surface area (Å²) in [4.78, 5) is 8.96. The number of benzene rings is 6. The molecule has 0 aliphatic carbocycles. The van der Waals surface area contributed by atoms with Crippen LogP contribution >= 0.6 is 0 Å². The molecule has 0 bridgehead atoms. The first kappa shape index (κ1) is 31.0. The van der Waals surface area contributed by atoms with Crippen molar-refractivity contribution in [3.8, 4) is 39.6 Å². The van der Waals surface area contributed by atoms with Crippen LogP contribution in [0.1, 0.15) is 81.6 Å². The van der Waals surface area contributed by atoms with Gasteiger partial charge in [0.1, 0.15) is 11.6 Å². The fourth-order valence-electron chi connectivity index (χ4n) is 8.31. The number of fused-ring (bicyclic) bond motifs is 3. The molecule has 0 spiro atoms. The van der Waals surface area contributed by atoms with E-state index in [0.717, 1.165) is 38.8 Å². The summed E-state index contributed by atoms with van der Waals surface area (Å²) in [6, 6.07) is 28.9. The molecule has 0 amide bonds. The Morgan fingerprint density at radius 3 is 1.92 bits per heavy atom. The number of ether oxygens (including phenoxy) is 1. The Balaban J connectivity index is 0.00000676. The molecule has 9 rings (SSSR count). The summed E-state index contributed by atoms with van der Waals surface area (Å²) in [5.74, 6) is 2.27. The maximum absolute atomic E-state index is 9.16. The number of para-hydroxylation sites is 2. The molecule has 0 radical (unpaired) electrons. The maximum atomic E-state index is 9.16. The number of rotatable bonds is 7. The van der Waals surface area contributed by atoms with Crippen LogP contribution in [-0.4, -0.2) is 20.6 Å². The Morgan fingerprint density at radius 2 is 1.28 bits per heavy atom. The second-order valence-electron chi connectivity index (χ2n) is 17.4. The van der Waals surface area contributed by atoms with Gasteiger partial charge in [0.2, 0.25) is 0 Å². The number of allylic oxidation sites excluding steroid dienone is 1. The molecular formula is C55H52N4OPt. The second kappa shape index (κ2) is 15.8. The molecule has 0 unspecified atom stereocenters. The average molecular weight is 990 g/mol. The second-order valence-corrected chi connectivity index (χ2v) is 17.4. The first-order valence-electron chi connectivity index (χ1n) is 25.1. The van der Waals surface area contributed by atoms with Crippen LogP contribution in [0.4, 0.5) is 11.4 Å². The predicted octanol–water partition coefficient (Wildman–Crippen LogP) is 14.3. The van der Waals surface area contributed by atoms with Crippen molar-refractivity contribution in [2.24, 2.45) is 0 Å². The quantitative estimate of drug-likeness (QED) is 0.149. The number of aromatic nitrogens is 2. The van der Waals surface area contributed by atoms with Crippen molar-refractivity contribution >= 4 is 33.2 Å². The van der Waals surface area contributed by atoms with Crippen LogP contribution in [0.2, 0.25) is 0 Å². The average Bonchev–Trinajstić information content (AvgIpc) is 3.73. The zero-order valence-electron chi connectivity index (χ0n) is 45.7. The third-order valence-corrected chi connectivity index (χ3v) is 11.9. The Labute approximate surface area is 389 Å². The van der Waals surface area contributed by atoms with Gasteiger partial charge in [-0.2, -0.15) is 12.1 Å². The Hall–Kier alpha value is -5.90. The van der Waals surface area contributed by atoms with E-state index < -0.39 is 71.5 Å². The van der Waals surface area contributed by atoms with Gasteiger partial charge in [-0.3, -0.25) is 0 Å². The number of nitrogens with zero attached hydrogens (tertiary/aromatic N) is 4. The van der Waals surface area contributed by atoms with Gasteiger partial charge in [0.25, 0.3) is 0 Å². The van der Waals surface area contributed by atoms with Crippen LogP contribution in [0.15, 0.2) is 163 Å². The SMILES string of the molecule is [2H]c1c([2H])c([2H])c(-c2cccc(-c3c([2H])c([2H])c([2H])c([2H])c3[2H])c2N2C(=C(C)C)N(c3[c-]c(Oc4[c-]c5c(cc4)c4ccccc4n5-c4cc(C(C)(C)C)ccn4)ccc3)C(C)(C)C2(C)C)c([2H])c1[2H].[Pt+2]. The Morgan fingerprint density at radius 1 is 0.672 bits per heavy atom. The minimum absolute atomic E-state index is 0. The Bertz CT molecular complexity index is 3370. The van der Waals surface area contributed by atoms with Crippen LogP contribution in [0.3, 0.4) is 0 Å². The molecule has 6 aromatic carbocycles. The first-order valence-corrected chi connectivity index (χ1v) is 20.1. The van der Waals surface area contributed by atoms with Gasteiger partial charge >= 0.3 is 21.1 Å². The van der Waals surface area contributed by atoms with Crippen LogP contribution in [0.5, 0.6) is 11.5 Å². The molecule has 8 aromatic rings. The molecule has 0 atom stereocenters. The molecule has 5 nitrogen and oxygen atoms in total. The summed E-state index contributed by atoms with van der Waals surface area (Å²) < 4.78 is 96.9. The molecule has 3 heterocycles. The monoisotopic (exact) mass is 989 g/mol. The van der Waals surface area contributed by atoms with E-state index in [1.807, 2.05) is 87.3 Å². The molecule has 1 aliphatic heterocycles. The largest absolute Gasteiger partial charge is 2.00 e. The third-order valence-electron chi connectivity index (χ3n) is 11.9. The van der Waals surface area contributed by atoms with E-state index in [2.05, 4.69) is 74.4 Å². The van der Waals surface area contributed by atoms with E-state index in [4.69, 9.17) is 23.4 Å². The van der Waals surface area contributed by atoms with E-state index in [9.17, 15) is 0 Å². The summed E-state index contributed by atoms with van der Waals surface area (Å²) in [5.41, 5.74) is 3.03. The van der Waals surface area contributed by atoms with Gasteiger partial charge in [0.15, 0.2) is 0 Å². The van der Waals surface area contributed by atoms with Gasteiger partial charge in [-0.25, -0.2) is 4.98 Å². The van der Waals surface area contributed by atoms with Crippen molar-refractivity contribution in [3.63, 3.8) is 0 Å². The summed E-state index contributed by atoms with van der Waals surface area (Å²) >= 11 is 0. The van der Waals surface area contributed by atoms with Crippen molar-refractivity contribution in [2.75, 3.05) is 9.80 Å². The maximum Gasteiger partial charge on any atom is 2.00 e. The fraction of sp³-hybridized carbons (Fsp3) is 0.218. The van der Waals surface area contributed by atoms with Crippen LogP contribution in [0, 0.1) is 12.1 Å². The zero-order chi connectivity index (χ0) is 50.7. The van der Waals surface area contributed by atoms with E-state index in [-0.39, 0.29) is 48.7 Å². The van der Waals surface area contributed by atoms with Gasteiger partial charge in [-0.15, -0.1) is 35.7 Å². The number of hydrogen-bond acceptors (Lipinski definition) is 4. The normalized spacial score (nSPS) is 17.0. The smallest absolute Gasteiger partial charge is 0.509 e. The molecule has 2 aromatic heterocycles. The van der Waals surface area contributed by atoms with Crippen molar-refractivity contribution < 1.29 is 39.5 Å². The standard InChI is InChI=1S/C55H52N4O.Pt/c1-37(2)52-58(54(6,7)55(8,9)59(52)51-44(38-20-12-10-13-21-38)27-19-28-45(51)39-22-14-11-15-23-39)41-24-18-25-42(35-41)60-43-30-31-47-46-26-16-17-29-48(46)57(49(47)36-43)50-34-40(32-33-56-50)53(3,4)5;/h10-34H,1-9H3;/q-2;+2/i10D,11D,12D,13D,14D,15D,20D,21D,22D,23D;. The summed E-state index contributed by atoms with van der Waals surface area (Å²) in [5, 5.41) is 2.04. The molecule has 1 aliphatic rings. The van der Waals surface area contributed by atoms with E-state index in [0.29, 0.717) is 28.7 Å². The van der Waals surface area contributed by atoms with Crippen LogP contribution in [0.25, 0.3) is 49.9 Å². The number of hydrogen-bond donors (Lipinski definition) is 0. The zero-order valence-corrected chi connectivity index (χ0v) is 37.9. The van der Waals surface area contributed by atoms with Gasteiger partial charge in [0, 0.05) is 34.3 Å². The molecule has 6 heteroatoms. The van der Waals surface area contributed by atoms with Crippen molar-refractivity contribution in [1.29, 1.82) is 0 Å². The summed E-state index contributed by atoms with van der Waals surface area (Å²) in [6.45, 7) is 18.6. The number of pyridine rings is 1. The van der Waals surface area contributed by atoms with Crippen molar-refractivity contribution in [3.05, 3.63) is 181 Å². The molecule has 1 saturated heterocycles. The first-order chi connectivity index (χ1) is 32.9. The minimum atomic E-state index is -0.944. The topological polar surface area (TPSA) is 33.5 Å². The van der Waals surface area contributed by atoms with Gasteiger partial charge in [-0.05, 0) is 92.8 Å². The molecule has 0 N–H and O–H groups in total. The van der Waals surface area contributed by atoms with Gasteiger partial charge in [0.05, 0.1) is 30.5 Å². The van der Waals surface area contributed by atoms with Crippen LogP contribution in [-0.2, 0) is 26.5 Å². The van der Waals surface area contributed by atoms with E-state index in [1.165, 1.54) is 0 Å². The van der Waals surface area contributed by atoms with E-state index in [1.54, 1.807) is 18.2 Å². The van der Waals surface area contributed by atoms with Crippen LogP contribution < -0.4 is 14.5 Å². The minimum Gasteiger partial charge on any atom is -0.509 e. The summed E-state index contributed by atoms with van der Waals surface area (Å²) in [7, 11) is 0. The number of anilines is 2. The molecule has 61 heavy (non-hydrogen) atoms. The predicted molar refractivity (Wildman–Crippen MR) is 250 cm³/mol. The van der Waals surface area contributed by atoms with Crippen molar-refractivity contribution in [1.82, 2.24) is 9.55 Å². The molecule has 1 fully saturated rings. The fourth-order valence-corrected chi connectivity index (χ4v) is 8.31. The van der Waals surface area contributed by atoms with Gasteiger partial charge in [-0.1, -0.05) is 129 Å². The van der Waals surface area contributed by atoms with Gasteiger partial charge < -0.3 is 19.1 Å². The summed E-state index contributed by atoms with van der Waals surface area (Å²) in [6.07, 6.45) is 1.84. The molecule has 308 valence electrons. The molecule has 0 saturated carbocycles. The third kappa shape index (κ3) is 7.17. The van der Waals surface area contributed by atoms with Crippen molar-refractivity contribution in [2.45, 2.75) is 78.8 Å². The van der Waals surface area contributed by atoms with E-state index >= 15 is 0 Å².